The lowest BCUT2D eigenvalue weighted by molar-refractivity contribution is 0.383. The maximum absolute atomic E-state index is 13.0. The average molecular weight is 471 g/mol. The Morgan fingerprint density at radius 1 is 0.938 bits per heavy atom. The molecule has 0 aliphatic carbocycles. The molecule has 6 nitrogen and oxygen atoms in total. The first-order valence-electron chi connectivity index (χ1n) is 10.6. The molecule has 168 valence electrons. The zero-order valence-corrected chi connectivity index (χ0v) is 20.1. The lowest BCUT2D eigenvalue weighted by Crippen LogP contribution is -2.49. The summed E-state index contributed by atoms with van der Waals surface area (Å²) in [6.07, 6.45) is 0.742. The minimum atomic E-state index is -3.55. The van der Waals surface area contributed by atoms with Crippen LogP contribution in [-0.4, -0.2) is 48.9 Å². The molecule has 0 amide bonds. The van der Waals surface area contributed by atoms with Gasteiger partial charge in [-0.25, -0.2) is 18.4 Å². The molecule has 1 saturated heterocycles. The predicted octanol–water partition coefficient (Wildman–Crippen LogP) is 4.16. The van der Waals surface area contributed by atoms with E-state index >= 15 is 0 Å². The van der Waals surface area contributed by atoms with Gasteiger partial charge in [-0.05, 0) is 50.6 Å². The molecule has 0 N–H and O–H groups in total. The molecule has 8 heteroatoms. The molecule has 3 aromatic rings. The lowest BCUT2D eigenvalue weighted by Gasteiger charge is -2.36. The Hall–Kier alpha value is -2.48. The Morgan fingerprint density at radius 3 is 2.28 bits per heavy atom. The monoisotopic (exact) mass is 470 g/mol. The van der Waals surface area contributed by atoms with Gasteiger partial charge in [0.2, 0.25) is 10.0 Å². The van der Waals surface area contributed by atoms with Crippen molar-refractivity contribution >= 4 is 27.4 Å². The van der Waals surface area contributed by atoms with Crippen molar-refractivity contribution in [2.24, 2.45) is 0 Å². The van der Waals surface area contributed by atoms with Crippen LogP contribution < -0.4 is 4.90 Å². The lowest BCUT2D eigenvalue weighted by atomic mass is 10.0. The fraction of sp³-hybridized carbons (Fsp3) is 0.333. The summed E-state index contributed by atoms with van der Waals surface area (Å²) in [6.45, 7) is 7.95. The van der Waals surface area contributed by atoms with Gasteiger partial charge in [-0.3, -0.25) is 0 Å². The SMILES string of the molecule is Cc1cccc(Cc2c(C)nc(C)nc2N2CCN(S(=O)(=O)c3ccc(Cl)cc3)CC2)c1. The molecule has 0 bridgehead atoms. The number of sulfonamides is 1. The van der Waals surface area contributed by atoms with Crippen molar-refractivity contribution < 1.29 is 8.42 Å². The summed E-state index contributed by atoms with van der Waals surface area (Å²) in [7, 11) is -3.55. The third-order valence-electron chi connectivity index (χ3n) is 5.76. The minimum Gasteiger partial charge on any atom is -0.354 e. The molecular formula is C24H27ClN4O2S. The van der Waals surface area contributed by atoms with E-state index in [-0.39, 0.29) is 4.90 Å². The van der Waals surface area contributed by atoms with Crippen LogP contribution in [0.25, 0.3) is 0 Å². The van der Waals surface area contributed by atoms with E-state index in [2.05, 4.69) is 41.1 Å². The topological polar surface area (TPSA) is 66.4 Å². The molecule has 1 fully saturated rings. The van der Waals surface area contributed by atoms with Crippen molar-refractivity contribution in [3.8, 4) is 0 Å². The molecule has 1 aromatic heterocycles. The Balaban J connectivity index is 1.56. The summed E-state index contributed by atoms with van der Waals surface area (Å²) >= 11 is 5.91. The molecule has 0 spiro atoms. The smallest absolute Gasteiger partial charge is 0.243 e. The summed E-state index contributed by atoms with van der Waals surface area (Å²) in [5.41, 5.74) is 4.49. The van der Waals surface area contributed by atoms with E-state index in [0.29, 0.717) is 31.2 Å². The van der Waals surface area contributed by atoms with Crippen molar-refractivity contribution in [2.75, 3.05) is 31.1 Å². The largest absolute Gasteiger partial charge is 0.354 e. The Morgan fingerprint density at radius 2 is 1.62 bits per heavy atom. The van der Waals surface area contributed by atoms with Crippen molar-refractivity contribution in [3.05, 3.63) is 81.8 Å². The van der Waals surface area contributed by atoms with Gasteiger partial charge >= 0.3 is 0 Å². The third kappa shape index (κ3) is 4.80. The van der Waals surface area contributed by atoms with Gasteiger partial charge in [-0.2, -0.15) is 4.31 Å². The second-order valence-electron chi connectivity index (χ2n) is 8.17. The highest BCUT2D eigenvalue weighted by molar-refractivity contribution is 7.89. The summed E-state index contributed by atoms with van der Waals surface area (Å²) in [5.74, 6) is 1.63. The molecule has 1 aliphatic heterocycles. The van der Waals surface area contributed by atoms with E-state index in [1.165, 1.54) is 15.4 Å². The second-order valence-corrected chi connectivity index (χ2v) is 10.5. The molecule has 1 aliphatic rings. The molecule has 2 aromatic carbocycles. The molecule has 0 saturated carbocycles. The first-order chi connectivity index (χ1) is 15.2. The number of benzene rings is 2. The maximum atomic E-state index is 13.0. The number of piperazine rings is 1. The average Bonchev–Trinajstić information content (AvgIpc) is 2.76. The summed E-state index contributed by atoms with van der Waals surface area (Å²) in [6, 6.07) is 14.8. The van der Waals surface area contributed by atoms with E-state index in [1.54, 1.807) is 24.3 Å². The number of nitrogens with zero attached hydrogens (tertiary/aromatic N) is 4. The van der Waals surface area contributed by atoms with Crippen molar-refractivity contribution in [1.29, 1.82) is 0 Å². The van der Waals surface area contributed by atoms with Crippen LogP contribution in [0.5, 0.6) is 0 Å². The van der Waals surface area contributed by atoms with Crippen LogP contribution in [0.4, 0.5) is 5.82 Å². The number of rotatable bonds is 5. The number of anilines is 1. The standard InChI is InChI=1S/C24H27ClN4O2S/c1-17-5-4-6-20(15-17)16-23-18(2)26-19(3)27-24(23)28-11-13-29(14-12-28)32(30,31)22-9-7-21(25)8-10-22/h4-10,15H,11-14,16H2,1-3H3. The minimum absolute atomic E-state index is 0.268. The van der Waals surface area contributed by atoms with E-state index in [4.69, 9.17) is 16.6 Å². The van der Waals surface area contributed by atoms with Gasteiger partial charge in [0.05, 0.1) is 4.90 Å². The Kier molecular flexibility index (Phi) is 6.51. The maximum Gasteiger partial charge on any atom is 0.243 e. The number of halogens is 1. The van der Waals surface area contributed by atoms with Crippen LogP contribution in [0.2, 0.25) is 5.02 Å². The summed E-state index contributed by atoms with van der Waals surface area (Å²) in [5, 5.41) is 0.518. The van der Waals surface area contributed by atoms with Gasteiger partial charge in [-0.1, -0.05) is 41.4 Å². The van der Waals surface area contributed by atoms with E-state index < -0.39 is 10.0 Å². The van der Waals surface area contributed by atoms with E-state index in [1.807, 2.05) is 13.8 Å². The Bertz CT molecular complexity index is 1220. The number of aromatic nitrogens is 2. The van der Waals surface area contributed by atoms with Gasteiger partial charge in [-0.15, -0.1) is 0 Å². The van der Waals surface area contributed by atoms with Gasteiger partial charge < -0.3 is 4.90 Å². The highest BCUT2D eigenvalue weighted by Gasteiger charge is 2.30. The van der Waals surface area contributed by atoms with Crippen molar-refractivity contribution in [1.82, 2.24) is 14.3 Å². The summed E-state index contributed by atoms with van der Waals surface area (Å²) in [4.78, 5) is 11.8. The highest BCUT2D eigenvalue weighted by atomic mass is 35.5. The fourth-order valence-corrected chi connectivity index (χ4v) is 5.66. The van der Waals surface area contributed by atoms with E-state index in [9.17, 15) is 8.42 Å². The first-order valence-corrected chi connectivity index (χ1v) is 12.5. The van der Waals surface area contributed by atoms with Gasteiger partial charge in [0, 0.05) is 48.9 Å². The number of aryl methyl sites for hydroxylation is 3. The first kappa shape index (κ1) is 22.7. The molecule has 4 rings (SSSR count). The van der Waals surface area contributed by atoms with Crippen LogP contribution in [0, 0.1) is 20.8 Å². The predicted molar refractivity (Wildman–Crippen MR) is 128 cm³/mol. The van der Waals surface area contributed by atoms with Crippen molar-refractivity contribution in [3.63, 3.8) is 0 Å². The zero-order chi connectivity index (χ0) is 22.9. The third-order valence-corrected chi connectivity index (χ3v) is 7.92. The molecule has 0 atom stereocenters. The van der Waals surface area contributed by atoms with Crippen LogP contribution in [-0.2, 0) is 16.4 Å². The molecule has 0 radical (unpaired) electrons. The van der Waals surface area contributed by atoms with Crippen molar-refractivity contribution in [2.45, 2.75) is 32.1 Å². The normalized spacial score (nSPS) is 15.2. The highest BCUT2D eigenvalue weighted by Crippen LogP contribution is 2.27. The molecule has 2 heterocycles. The second kappa shape index (κ2) is 9.17. The van der Waals surface area contributed by atoms with Crippen LogP contribution >= 0.6 is 11.6 Å². The zero-order valence-electron chi connectivity index (χ0n) is 18.5. The summed E-state index contributed by atoms with van der Waals surface area (Å²) < 4.78 is 27.6. The van der Waals surface area contributed by atoms with Gasteiger partial charge in [0.15, 0.2) is 0 Å². The van der Waals surface area contributed by atoms with Gasteiger partial charge in [0.25, 0.3) is 0 Å². The molecule has 32 heavy (non-hydrogen) atoms. The van der Waals surface area contributed by atoms with Crippen LogP contribution in [0.3, 0.4) is 0 Å². The molecule has 0 unspecified atom stereocenters. The Labute approximate surface area is 194 Å². The number of hydrogen-bond acceptors (Lipinski definition) is 5. The van der Waals surface area contributed by atoms with E-state index in [0.717, 1.165) is 29.3 Å². The van der Waals surface area contributed by atoms with Crippen LogP contribution in [0.1, 0.15) is 28.2 Å². The van der Waals surface area contributed by atoms with Crippen LogP contribution in [0.15, 0.2) is 53.4 Å². The fourth-order valence-electron chi connectivity index (χ4n) is 4.11. The van der Waals surface area contributed by atoms with Gasteiger partial charge in [0.1, 0.15) is 11.6 Å². The quantitative estimate of drug-likeness (QED) is 0.560. The number of hydrogen-bond donors (Lipinski definition) is 0. The molecular weight excluding hydrogens is 444 g/mol.